The molecule has 1 aliphatic rings. The van der Waals surface area contributed by atoms with Gasteiger partial charge in [-0.15, -0.1) is 0 Å². The van der Waals surface area contributed by atoms with Crippen LogP contribution in [0.4, 0.5) is 0 Å². The molecule has 3 nitrogen and oxygen atoms in total. The molecule has 0 spiro atoms. The summed E-state index contributed by atoms with van der Waals surface area (Å²) in [5.41, 5.74) is 0.618. The Morgan fingerprint density at radius 3 is 3.12 bits per heavy atom. The van der Waals surface area contributed by atoms with Crippen LogP contribution in [0.3, 0.4) is 0 Å². The zero-order chi connectivity index (χ0) is 12.1. The summed E-state index contributed by atoms with van der Waals surface area (Å²) in [6.45, 7) is 1.93. The van der Waals surface area contributed by atoms with Gasteiger partial charge < -0.3 is 10.2 Å². The second-order valence-electron chi connectivity index (χ2n) is 4.60. The molecule has 1 heterocycles. The minimum absolute atomic E-state index is 0.0220. The minimum Gasteiger partial charge on any atom is -0.352 e. The molecule has 0 aromatic heterocycles. The quantitative estimate of drug-likeness (QED) is 0.855. The third kappa shape index (κ3) is 3.30. The van der Waals surface area contributed by atoms with Crippen LogP contribution in [-0.2, 0) is 0 Å². The molecular weight excluding hydrogens is 212 g/mol. The van der Waals surface area contributed by atoms with Gasteiger partial charge in [0.25, 0.3) is 5.91 Å². The van der Waals surface area contributed by atoms with Crippen LogP contribution in [0.2, 0.25) is 0 Å². The summed E-state index contributed by atoms with van der Waals surface area (Å²) in [7, 11) is 2.16. The van der Waals surface area contributed by atoms with E-state index in [9.17, 15) is 4.79 Å². The Morgan fingerprint density at radius 1 is 1.59 bits per heavy atom. The van der Waals surface area contributed by atoms with Crippen molar-refractivity contribution < 1.29 is 4.79 Å². The molecule has 0 saturated carbocycles. The third-order valence-electron chi connectivity index (χ3n) is 3.39. The van der Waals surface area contributed by atoms with Crippen LogP contribution in [0.25, 0.3) is 0 Å². The van der Waals surface area contributed by atoms with Crippen molar-refractivity contribution in [2.75, 3.05) is 20.1 Å². The molecule has 0 aliphatic carbocycles. The lowest BCUT2D eigenvalue weighted by atomic mass is 10.1. The van der Waals surface area contributed by atoms with Crippen molar-refractivity contribution in [2.45, 2.75) is 25.3 Å². The lowest BCUT2D eigenvalue weighted by molar-refractivity contribution is 0.0950. The summed E-state index contributed by atoms with van der Waals surface area (Å²) in [6.07, 6.45) is 3.57. The fourth-order valence-electron chi connectivity index (χ4n) is 2.33. The van der Waals surface area contributed by atoms with E-state index in [1.807, 2.05) is 12.1 Å². The molecule has 1 aliphatic heterocycles. The Kier molecular flexibility index (Phi) is 4.15. The highest BCUT2D eigenvalue weighted by Gasteiger charge is 2.20. The predicted octanol–water partition coefficient (Wildman–Crippen LogP) is 1.70. The van der Waals surface area contributed by atoms with E-state index in [4.69, 9.17) is 0 Å². The first-order valence-electron chi connectivity index (χ1n) is 6.22. The van der Waals surface area contributed by atoms with Gasteiger partial charge in [-0.05, 0) is 45.0 Å². The molecule has 2 rings (SSSR count). The summed E-state index contributed by atoms with van der Waals surface area (Å²) >= 11 is 0. The number of hydrogen-bond acceptors (Lipinski definition) is 2. The third-order valence-corrected chi connectivity index (χ3v) is 3.39. The van der Waals surface area contributed by atoms with Crippen molar-refractivity contribution in [2.24, 2.45) is 0 Å². The number of benzene rings is 1. The average molecular weight is 231 g/mol. The van der Waals surface area contributed by atoms with Crippen LogP contribution in [0.15, 0.2) is 24.3 Å². The summed E-state index contributed by atoms with van der Waals surface area (Å²) in [5.74, 6) is -0.0220. The highest BCUT2D eigenvalue weighted by Crippen LogP contribution is 2.16. The van der Waals surface area contributed by atoms with Gasteiger partial charge in [0.15, 0.2) is 0 Å². The first kappa shape index (κ1) is 12.1. The number of likely N-dealkylation sites (tertiary alicyclic amines) is 1. The van der Waals surface area contributed by atoms with Crippen LogP contribution in [-0.4, -0.2) is 37.0 Å². The van der Waals surface area contributed by atoms with Crippen LogP contribution in [0.5, 0.6) is 0 Å². The molecule has 1 radical (unpaired) electrons. The molecule has 1 aromatic carbocycles. The van der Waals surface area contributed by atoms with E-state index in [1.54, 1.807) is 12.1 Å². The molecule has 0 bridgehead atoms. The normalized spacial score (nSPS) is 20.4. The number of carbonyl (C=O) groups excluding carboxylic acids is 1. The minimum atomic E-state index is -0.0220. The largest absolute Gasteiger partial charge is 0.352 e. The highest BCUT2D eigenvalue weighted by atomic mass is 16.1. The summed E-state index contributed by atoms with van der Waals surface area (Å²) in [5, 5.41) is 2.95. The van der Waals surface area contributed by atoms with Gasteiger partial charge in [0.2, 0.25) is 0 Å². The molecule has 1 amide bonds. The van der Waals surface area contributed by atoms with Gasteiger partial charge in [-0.25, -0.2) is 0 Å². The highest BCUT2D eigenvalue weighted by molar-refractivity contribution is 5.93. The van der Waals surface area contributed by atoms with Crippen LogP contribution in [0, 0.1) is 6.07 Å². The standard InChI is InChI=1S/C14H19N2O/c1-16-11-5-8-13(16)9-10-15-14(17)12-6-3-2-4-7-12/h2-4,6,13H,5,8-11H2,1H3,(H,15,17). The Labute approximate surface area is 103 Å². The second kappa shape index (κ2) is 5.82. The van der Waals surface area contributed by atoms with E-state index < -0.39 is 0 Å². The first-order valence-corrected chi connectivity index (χ1v) is 6.22. The SMILES string of the molecule is CN1CCCC1CCNC(=O)c1[c]cccc1. The number of nitrogens with one attached hydrogen (secondary N) is 1. The molecule has 17 heavy (non-hydrogen) atoms. The van der Waals surface area contributed by atoms with Crippen LogP contribution in [0.1, 0.15) is 29.6 Å². The van der Waals surface area contributed by atoms with E-state index in [0.717, 1.165) is 13.0 Å². The molecule has 1 fully saturated rings. The van der Waals surface area contributed by atoms with Gasteiger partial charge in [-0.1, -0.05) is 18.2 Å². The summed E-state index contributed by atoms with van der Waals surface area (Å²) < 4.78 is 0. The van der Waals surface area contributed by atoms with E-state index in [-0.39, 0.29) is 5.91 Å². The maximum atomic E-state index is 11.7. The number of nitrogens with zero attached hydrogens (tertiary/aromatic N) is 1. The van der Waals surface area contributed by atoms with Gasteiger partial charge in [-0.3, -0.25) is 4.79 Å². The van der Waals surface area contributed by atoms with E-state index in [1.165, 1.54) is 19.4 Å². The lowest BCUT2D eigenvalue weighted by Gasteiger charge is -2.19. The smallest absolute Gasteiger partial charge is 0.251 e. The maximum absolute atomic E-state index is 11.7. The van der Waals surface area contributed by atoms with Crippen molar-refractivity contribution in [3.05, 3.63) is 35.9 Å². The van der Waals surface area contributed by atoms with Crippen LogP contribution >= 0.6 is 0 Å². The average Bonchev–Trinajstić information content (AvgIpc) is 2.76. The predicted molar refractivity (Wildman–Crippen MR) is 67.9 cm³/mol. The maximum Gasteiger partial charge on any atom is 0.251 e. The molecule has 1 atom stereocenters. The molecule has 1 aromatic rings. The number of hydrogen-bond donors (Lipinski definition) is 1. The topological polar surface area (TPSA) is 32.3 Å². The fraction of sp³-hybridized carbons (Fsp3) is 0.500. The lowest BCUT2D eigenvalue weighted by Crippen LogP contribution is -2.31. The number of rotatable bonds is 4. The molecule has 1 N–H and O–H groups in total. The van der Waals surface area contributed by atoms with Crippen molar-refractivity contribution in [1.82, 2.24) is 10.2 Å². The molecule has 1 saturated heterocycles. The zero-order valence-corrected chi connectivity index (χ0v) is 10.3. The van der Waals surface area contributed by atoms with Crippen molar-refractivity contribution in [3.63, 3.8) is 0 Å². The van der Waals surface area contributed by atoms with E-state index in [0.29, 0.717) is 11.6 Å². The molecular formula is C14H19N2O. The monoisotopic (exact) mass is 231 g/mol. The van der Waals surface area contributed by atoms with Crippen LogP contribution < -0.4 is 5.32 Å². The van der Waals surface area contributed by atoms with Gasteiger partial charge in [0.1, 0.15) is 0 Å². The number of carbonyl (C=O) groups is 1. The van der Waals surface area contributed by atoms with Gasteiger partial charge >= 0.3 is 0 Å². The number of amides is 1. The Balaban J connectivity index is 1.74. The Hall–Kier alpha value is -1.35. The summed E-state index contributed by atoms with van der Waals surface area (Å²) in [4.78, 5) is 14.1. The van der Waals surface area contributed by atoms with Gasteiger partial charge in [0.05, 0.1) is 0 Å². The Bertz CT molecular complexity index is 364. The molecule has 91 valence electrons. The van der Waals surface area contributed by atoms with E-state index in [2.05, 4.69) is 23.3 Å². The van der Waals surface area contributed by atoms with Gasteiger partial charge in [-0.2, -0.15) is 0 Å². The van der Waals surface area contributed by atoms with Crippen molar-refractivity contribution in [1.29, 1.82) is 0 Å². The summed E-state index contributed by atoms with van der Waals surface area (Å²) in [6, 6.07) is 10.8. The zero-order valence-electron chi connectivity index (χ0n) is 10.3. The second-order valence-corrected chi connectivity index (χ2v) is 4.60. The van der Waals surface area contributed by atoms with Crippen molar-refractivity contribution >= 4 is 5.91 Å². The molecule has 1 unspecified atom stereocenters. The van der Waals surface area contributed by atoms with Crippen molar-refractivity contribution in [3.8, 4) is 0 Å². The molecule has 3 heteroatoms. The fourth-order valence-corrected chi connectivity index (χ4v) is 2.33. The Morgan fingerprint density at radius 2 is 2.47 bits per heavy atom. The van der Waals surface area contributed by atoms with E-state index >= 15 is 0 Å². The van der Waals surface area contributed by atoms with Gasteiger partial charge in [0, 0.05) is 18.2 Å². The first-order chi connectivity index (χ1) is 8.27.